The molecule has 230 valence electrons. The van der Waals surface area contributed by atoms with E-state index in [2.05, 4.69) is 5.32 Å². The standard InChI is InChI=1S/C32H37Cl2N3O5S/c1-4-42-28-15-17-29(18-16-28)43(40,41)37(27-13-9-22(2)10-14-27)21-31(38)36(20-24-11-12-25(33)19-30(24)34)23(3)32(39)35-26-7-5-6-8-26/h9-19,23,26H,4-8,20-21H2,1-3H3,(H,35,39)/t23-/m1/s1. The Morgan fingerprint density at radius 2 is 1.65 bits per heavy atom. The van der Waals surface area contributed by atoms with Crippen LogP contribution in [0.3, 0.4) is 0 Å². The fraction of sp³-hybridized carbons (Fsp3) is 0.375. The maximum absolute atomic E-state index is 14.1. The molecule has 0 aromatic heterocycles. The van der Waals surface area contributed by atoms with Gasteiger partial charge in [-0.3, -0.25) is 13.9 Å². The van der Waals surface area contributed by atoms with E-state index >= 15 is 0 Å². The molecule has 3 aromatic carbocycles. The normalized spacial score (nSPS) is 14.3. The zero-order valence-corrected chi connectivity index (χ0v) is 26.9. The minimum Gasteiger partial charge on any atom is -0.494 e. The van der Waals surface area contributed by atoms with E-state index in [1.54, 1.807) is 61.5 Å². The molecule has 1 N–H and O–H groups in total. The molecule has 1 atom stereocenters. The number of amides is 2. The van der Waals surface area contributed by atoms with Crippen molar-refractivity contribution in [2.24, 2.45) is 0 Å². The van der Waals surface area contributed by atoms with E-state index in [-0.39, 0.29) is 23.4 Å². The van der Waals surface area contributed by atoms with Gasteiger partial charge in [-0.05, 0) is 87.7 Å². The number of nitrogens with one attached hydrogen (secondary N) is 1. The number of carbonyl (C=O) groups excluding carboxylic acids is 2. The van der Waals surface area contributed by atoms with Gasteiger partial charge in [-0.2, -0.15) is 0 Å². The van der Waals surface area contributed by atoms with Gasteiger partial charge in [0.05, 0.1) is 17.2 Å². The van der Waals surface area contributed by atoms with Crippen molar-refractivity contribution in [1.29, 1.82) is 0 Å². The third kappa shape index (κ3) is 8.22. The quantitative estimate of drug-likeness (QED) is 0.247. The van der Waals surface area contributed by atoms with Crippen LogP contribution >= 0.6 is 23.2 Å². The van der Waals surface area contributed by atoms with Crippen molar-refractivity contribution in [3.63, 3.8) is 0 Å². The van der Waals surface area contributed by atoms with Crippen molar-refractivity contribution in [2.45, 2.75) is 70.0 Å². The Morgan fingerprint density at radius 3 is 2.26 bits per heavy atom. The number of rotatable bonds is 12. The molecule has 1 fully saturated rings. The molecule has 0 saturated heterocycles. The molecule has 0 spiro atoms. The van der Waals surface area contributed by atoms with Crippen LogP contribution in [0.25, 0.3) is 0 Å². The molecule has 0 unspecified atom stereocenters. The van der Waals surface area contributed by atoms with Gasteiger partial charge in [0.2, 0.25) is 11.8 Å². The lowest BCUT2D eigenvalue weighted by Gasteiger charge is -2.32. The Balaban J connectivity index is 1.69. The van der Waals surface area contributed by atoms with Crippen molar-refractivity contribution in [3.8, 4) is 5.75 Å². The van der Waals surface area contributed by atoms with Crippen LogP contribution in [-0.4, -0.2) is 50.4 Å². The van der Waals surface area contributed by atoms with Gasteiger partial charge in [0.1, 0.15) is 18.3 Å². The van der Waals surface area contributed by atoms with Crippen LogP contribution in [0.1, 0.15) is 50.7 Å². The summed E-state index contributed by atoms with van der Waals surface area (Å²) in [6.45, 7) is 5.26. The minimum atomic E-state index is -4.19. The average molecular weight is 647 g/mol. The first kappa shape index (κ1) is 32.6. The second-order valence-corrected chi connectivity index (χ2v) is 13.4. The number of benzene rings is 3. The van der Waals surface area contributed by atoms with Crippen LogP contribution < -0.4 is 14.4 Å². The Kier molecular flexibility index (Phi) is 11.0. The summed E-state index contributed by atoms with van der Waals surface area (Å²) < 4.78 is 34.6. The molecule has 3 aromatic rings. The van der Waals surface area contributed by atoms with E-state index in [1.807, 2.05) is 13.8 Å². The maximum Gasteiger partial charge on any atom is 0.264 e. The van der Waals surface area contributed by atoms with Crippen LogP contribution in [0, 0.1) is 6.92 Å². The molecular weight excluding hydrogens is 609 g/mol. The van der Waals surface area contributed by atoms with Gasteiger partial charge in [0.15, 0.2) is 0 Å². The highest BCUT2D eigenvalue weighted by atomic mass is 35.5. The first-order chi connectivity index (χ1) is 20.5. The third-order valence-electron chi connectivity index (χ3n) is 7.55. The van der Waals surface area contributed by atoms with Crippen molar-refractivity contribution >= 4 is 50.7 Å². The first-order valence-corrected chi connectivity index (χ1v) is 16.5. The third-order valence-corrected chi connectivity index (χ3v) is 9.92. The van der Waals surface area contributed by atoms with E-state index in [1.165, 1.54) is 17.0 Å². The Hall–Kier alpha value is -3.27. The van der Waals surface area contributed by atoms with Gasteiger partial charge in [-0.25, -0.2) is 8.42 Å². The van der Waals surface area contributed by atoms with Gasteiger partial charge < -0.3 is 15.0 Å². The molecule has 0 aliphatic heterocycles. The summed E-state index contributed by atoms with van der Waals surface area (Å²) >= 11 is 12.6. The lowest BCUT2D eigenvalue weighted by atomic mass is 10.1. The number of nitrogens with zero attached hydrogens (tertiary/aromatic N) is 2. The van der Waals surface area contributed by atoms with E-state index in [4.69, 9.17) is 27.9 Å². The summed E-state index contributed by atoms with van der Waals surface area (Å²) in [5.41, 5.74) is 1.83. The predicted octanol–water partition coefficient (Wildman–Crippen LogP) is 6.37. The molecule has 1 aliphatic rings. The molecule has 1 saturated carbocycles. The van der Waals surface area contributed by atoms with Gasteiger partial charge in [0, 0.05) is 22.6 Å². The molecule has 0 bridgehead atoms. The second kappa shape index (κ2) is 14.5. The van der Waals surface area contributed by atoms with E-state index < -0.39 is 28.5 Å². The number of aryl methyl sites for hydroxylation is 1. The first-order valence-electron chi connectivity index (χ1n) is 14.4. The Morgan fingerprint density at radius 1 is 1.00 bits per heavy atom. The molecule has 0 radical (unpaired) electrons. The SMILES string of the molecule is CCOc1ccc(S(=O)(=O)N(CC(=O)N(Cc2ccc(Cl)cc2Cl)[C@H](C)C(=O)NC2CCCC2)c2ccc(C)cc2)cc1. The summed E-state index contributed by atoms with van der Waals surface area (Å²) in [6, 6.07) is 17.0. The van der Waals surface area contributed by atoms with Crippen molar-refractivity contribution in [2.75, 3.05) is 17.5 Å². The number of halogens is 2. The molecule has 1 aliphatic carbocycles. The monoisotopic (exact) mass is 645 g/mol. The maximum atomic E-state index is 14.1. The highest BCUT2D eigenvalue weighted by Gasteiger charge is 2.33. The van der Waals surface area contributed by atoms with Gasteiger partial charge in [-0.1, -0.05) is 59.8 Å². The Bertz CT molecular complexity index is 1530. The fourth-order valence-corrected chi connectivity index (χ4v) is 6.93. The number of sulfonamides is 1. The zero-order valence-electron chi connectivity index (χ0n) is 24.6. The van der Waals surface area contributed by atoms with Crippen LogP contribution in [0.5, 0.6) is 5.75 Å². The molecule has 11 heteroatoms. The number of ether oxygens (including phenoxy) is 1. The van der Waals surface area contributed by atoms with Crippen LogP contribution in [0.15, 0.2) is 71.6 Å². The lowest BCUT2D eigenvalue weighted by Crippen LogP contribution is -2.52. The fourth-order valence-electron chi connectivity index (χ4n) is 5.05. The van der Waals surface area contributed by atoms with Crippen LogP contribution in [0.2, 0.25) is 10.0 Å². The number of anilines is 1. The van der Waals surface area contributed by atoms with Gasteiger partial charge >= 0.3 is 0 Å². The number of hydrogen-bond donors (Lipinski definition) is 1. The van der Waals surface area contributed by atoms with Crippen molar-refractivity contribution < 1.29 is 22.7 Å². The highest BCUT2D eigenvalue weighted by molar-refractivity contribution is 7.92. The smallest absolute Gasteiger partial charge is 0.264 e. The summed E-state index contributed by atoms with van der Waals surface area (Å²) in [5.74, 6) is -0.329. The largest absolute Gasteiger partial charge is 0.494 e. The van der Waals surface area contributed by atoms with Gasteiger partial charge in [-0.15, -0.1) is 0 Å². The molecule has 0 heterocycles. The van der Waals surface area contributed by atoms with E-state index in [9.17, 15) is 18.0 Å². The van der Waals surface area contributed by atoms with E-state index in [0.29, 0.717) is 33.7 Å². The van der Waals surface area contributed by atoms with E-state index in [0.717, 1.165) is 35.6 Å². The van der Waals surface area contributed by atoms with Gasteiger partial charge in [0.25, 0.3) is 10.0 Å². The molecule has 43 heavy (non-hydrogen) atoms. The summed E-state index contributed by atoms with van der Waals surface area (Å²) in [5, 5.41) is 3.83. The average Bonchev–Trinajstić information content (AvgIpc) is 3.49. The zero-order chi connectivity index (χ0) is 31.1. The predicted molar refractivity (Wildman–Crippen MR) is 170 cm³/mol. The van der Waals surface area contributed by atoms with Crippen LogP contribution in [0.4, 0.5) is 5.69 Å². The van der Waals surface area contributed by atoms with Crippen molar-refractivity contribution in [3.05, 3.63) is 87.9 Å². The molecular formula is C32H37Cl2N3O5S. The summed E-state index contributed by atoms with van der Waals surface area (Å²) in [7, 11) is -4.19. The summed E-state index contributed by atoms with van der Waals surface area (Å²) in [6.07, 6.45) is 3.85. The van der Waals surface area contributed by atoms with Crippen molar-refractivity contribution in [1.82, 2.24) is 10.2 Å². The Labute approximate surface area is 264 Å². The van der Waals surface area contributed by atoms with Crippen LogP contribution in [-0.2, 0) is 26.2 Å². The molecule has 2 amide bonds. The summed E-state index contributed by atoms with van der Waals surface area (Å²) in [4.78, 5) is 28.9. The molecule has 8 nitrogen and oxygen atoms in total. The topological polar surface area (TPSA) is 96.0 Å². The highest BCUT2D eigenvalue weighted by Crippen LogP contribution is 2.28. The second-order valence-electron chi connectivity index (χ2n) is 10.7. The number of carbonyl (C=O) groups is 2. The number of hydrogen-bond acceptors (Lipinski definition) is 5. The lowest BCUT2D eigenvalue weighted by molar-refractivity contribution is -0.139. The molecule has 4 rings (SSSR count). The minimum absolute atomic E-state index is 0.00338.